The number of halogens is 2. The summed E-state index contributed by atoms with van der Waals surface area (Å²) in [5.41, 5.74) is 0. The number of nitrogens with zero attached hydrogens (tertiary/aromatic N) is 2. The van der Waals surface area contributed by atoms with E-state index in [-0.39, 0.29) is 21.0 Å². The highest BCUT2D eigenvalue weighted by Crippen LogP contribution is 2.01. The van der Waals surface area contributed by atoms with E-state index in [9.17, 15) is 0 Å². The molecule has 0 aromatic heterocycles. The van der Waals surface area contributed by atoms with Gasteiger partial charge in [-0.15, -0.1) is 0 Å². The van der Waals surface area contributed by atoms with E-state index in [1.807, 2.05) is 4.14 Å². The Bertz CT molecular complexity index is 149. The standard InChI is InChI=1S/C3H2BrIN2/c4-3-1-7-5-2-6-3/h1-2H. The summed E-state index contributed by atoms with van der Waals surface area (Å²) in [5, 5.41) is 0. The van der Waals surface area contributed by atoms with Crippen LogP contribution in [0.5, 0.6) is 0 Å². The molecule has 7 heavy (non-hydrogen) atoms. The van der Waals surface area contributed by atoms with E-state index in [1.165, 1.54) is 0 Å². The Morgan fingerprint density at radius 1 is 1.71 bits per heavy atom. The lowest BCUT2D eigenvalue weighted by Crippen LogP contribution is -1.87. The van der Waals surface area contributed by atoms with Gasteiger partial charge in [0.05, 0.1) is 10.4 Å². The highest BCUT2D eigenvalue weighted by atomic mass is 127. The molecule has 1 heterocycles. The topological polar surface area (TPSA) is 24.7 Å². The third kappa shape index (κ3) is 1.77. The van der Waals surface area contributed by atoms with E-state index in [4.69, 9.17) is 0 Å². The smallest absolute Gasteiger partial charge is 0.125 e. The minimum absolute atomic E-state index is 0.0855. The fraction of sp³-hybridized carbons (Fsp3) is 0. The molecule has 0 aliphatic carbocycles. The van der Waals surface area contributed by atoms with Crippen molar-refractivity contribution in [2.75, 3.05) is 0 Å². The summed E-state index contributed by atoms with van der Waals surface area (Å²) in [4.78, 5) is 3.94. The molecule has 0 saturated heterocycles. The van der Waals surface area contributed by atoms with Crippen molar-refractivity contribution in [1.29, 1.82) is 0 Å². The zero-order valence-corrected chi connectivity index (χ0v) is 7.05. The molecule has 0 N–H and O–H groups in total. The molecule has 0 radical (unpaired) electrons. The van der Waals surface area contributed by atoms with Crippen molar-refractivity contribution in [3.63, 3.8) is 0 Å². The van der Waals surface area contributed by atoms with E-state index < -0.39 is 0 Å². The van der Waals surface area contributed by atoms with Crippen LogP contribution in [0.4, 0.5) is 0 Å². The zero-order valence-electron chi connectivity index (χ0n) is 3.31. The molecule has 4 heteroatoms. The van der Waals surface area contributed by atoms with Crippen LogP contribution < -0.4 is 0 Å². The Hall–Kier alpha value is 0.420. The molecule has 1 aliphatic rings. The second-order valence-corrected chi connectivity index (χ2v) is 3.36. The quantitative estimate of drug-likeness (QED) is 0.598. The van der Waals surface area contributed by atoms with Crippen molar-refractivity contribution >= 4 is 51.9 Å². The van der Waals surface area contributed by atoms with Crippen LogP contribution in [-0.4, -0.2) is 15.0 Å². The van der Waals surface area contributed by atoms with E-state index in [0.717, 1.165) is 4.62 Å². The molecular formula is C3H2BrIN2. The summed E-state index contributed by atoms with van der Waals surface area (Å²) < 4.78 is 6.71. The van der Waals surface area contributed by atoms with Crippen molar-refractivity contribution < 1.29 is 0 Å². The predicted molar refractivity (Wildman–Crippen MR) is 44.9 cm³/mol. The van der Waals surface area contributed by atoms with E-state index in [1.54, 1.807) is 6.21 Å². The number of rotatable bonds is 0. The molecule has 0 bridgehead atoms. The second-order valence-electron chi connectivity index (χ2n) is 0.874. The monoisotopic (exact) mass is 272 g/mol. The van der Waals surface area contributed by atoms with E-state index in [2.05, 4.69) is 24.1 Å². The third-order valence-electron chi connectivity index (χ3n) is 0.427. The van der Waals surface area contributed by atoms with Gasteiger partial charge in [-0.25, -0.2) is 8.20 Å². The summed E-state index contributed by atoms with van der Waals surface area (Å²) in [6.07, 6.45) is 1.74. The number of hydrogen-bond acceptors (Lipinski definition) is 2. The minimum atomic E-state index is -0.0855. The largest absolute Gasteiger partial charge is 0.240 e. The van der Waals surface area contributed by atoms with Crippen LogP contribution in [0, 0.1) is 0 Å². The third-order valence-corrected chi connectivity index (χ3v) is 1.96. The first kappa shape index (κ1) is 5.55. The molecule has 0 saturated carbocycles. The second kappa shape index (κ2) is 2.66. The zero-order chi connectivity index (χ0) is 5.11. The molecule has 0 fully saturated rings. The summed E-state index contributed by atoms with van der Waals surface area (Å²) in [5.74, 6) is 0. The fourth-order valence-electron chi connectivity index (χ4n) is 0.195. The van der Waals surface area contributed by atoms with Gasteiger partial charge in [-0.2, -0.15) is 0 Å². The first-order valence-corrected chi connectivity index (χ1v) is 4.61. The summed E-state index contributed by atoms with van der Waals surface area (Å²) in [6.45, 7) is 0. The summed E-state index contributed by atoms with van der Waals surface area (Å²) in [6, 6.07) is 0. The van der Waals surface area contributed by atoms with Gasteiger partial charge in [-0.1, -0.05) is 0 Å². The van der Waals surface area contributed by atoms with Crippen molar-refractivity contribution in [3.8, 4) is 0 Å². The number of aliphatic imine (C=N–C) groups is 1. The van der Waals surface area contributed by atoms with Gasteiger partial charge in [0.15, 0.2) is 0 Å². The van der Waals surface area contributed by atoms with E-state index in [0.29, 0.717) is 0 Å². The van der Waals surface area contributed by atoms with Crippen molar-refractivity contribution in [1.82, 2.24) is 0 Å². The van der Waals surface area contributed by atoms with Crippen molar-refractivity contribution in [3.05, 3.63) is 0 Å². The maximum absolute atomic E-state index is 4.01. The van der Waals surface area contributed by atoms with Crippen LogP contribution in [0.3, 0.4) is 0 Å². The molecule has 38 valence electrons. The molecule has 2 nitrogen and oxygen atoms in total. The molecule has 0 aromatic carbocycles. The number of hydrogen-bond donors (Lipinski definition) is 0. The average molecular weight is 273 g/mol. The molecule has 0 unspecified atom stereocenters. The SMILES string of the molecule is BrC1=NC=IN=C1. The lowest BCUT2D eigenvalue weighted by Gasteiger charge is -1.85. The Balaban J connectivity index is 2.82. The van der Waals surface area contributed by atoms with Gasteiger partial charge in [-0.05, 0) is 15.9 Å². The Kier molecular flexibility index (Phi) is 2.11. The van der Waals surface area contributed by atoms with Crippen LogP contribution in [0.1, 0.15) is 0 Å². The van der Waals surface area contributed by atoms with Gasteiger partial charge in [0.25, 0.3) is 0 Å². The maximum atomic E-state index is 4.01. The van der Waals surface area contributed by atoms with Crippen LogP contribution >= 0.6 is 36.9 Å². The van der Waals surface area contributed by atoms with Crippen molar-refractivity contribution in [2.45, 2.75) is 0 Å². The average Bonchev–Trinajstić information content (AvgIpc) is 1.69. The molecule has 1 aliphatic heterocycles. The van der Waals surface area contributed by atoms with Gasteiger partial charge in [0.1, 0.15) is 4.62 Å². The minimum Gasteiger partial charge on any atom is -0.240 e. The molecule has 0 aromatic rings. The van der Waals surface area contributed by atoms with Crippen molar-refractivity contribution in [2.24, 2.45) is 8.20 Å². The molecule has 1 rings (SSSR count). The maximum Gasteiger partial charge on any atom is 0.125 e. The predicted octanol–water partition coefficient (Wildman–Crippen LogP) is 1.51. The normalized spacial score (nSPS) is 18.1. The lowest BCUT2D eigenvalue weighted by atomic mass is 10.8. The van der Waals surface area contributed by atoms with Gasteiger partial charge in [-0.3, -0.25) is 0 Å². The van der Waals surface area contributed by atoms with Gasteiger partial charge < -0.3 is 0 Å². The lowest BCUT2D eigenvalue weighted by molar-refractivity contribution is 1.89. The first-order chi connectivity index (χ1) is 3.39. The Labute approximate surface area is 60.0 Å². The molecular weight excluding hydrogens is 271 g/mol. The Morgan fingerprint density at radius 2 is 2.57 bits per heavy atom. The van der Waals surface area contributed by atoms with Crippen LogP contribution in [0.2, 0.25) is 0 Å². The van der Waals surface area contributed by atoms with Gasteiger partial charge in [0, 0.05) is 21.0 Å². The van der Waals surface area contributed by atoms with Gasteiger partial charge in [0.2, 0.25) is 0 Å². The summed E-state index contributed by atoms with van der Waals surface area (Å²) >= 11 is 3.09. The highest BCUT2D eigenvalue weighted by Gasteiger charge is 1.84. The summed E-state index contributed by atoms with van der Waals surface area (Å²) in [7, 11) is 0. The molecule has 0 atom stereocenters. The highest BCUT2D eigenvalue weighted by molar-refractivity contribution is 14.2. The first-order valence-electron chi connectivity index (χ1n) is 1.60. The van der Waals surface area contributed by atoms with Crippen LogP contribution in [-0.2, 0) is 0 Å². The molecule has 0 spiro atoms. The van der Waals surface area contributed by atoms with E-state index >= 15 is 0 Å². The molecule has 0 amide bonds. The van der Waals surface area contributed by atoms with Gasteiger partial charge >= 0.3 is 0 Å². The fourth-order valence-corrected chi connectivity index (χ4v) is 2.16. The Morgan fingerprint density at radius 3 is 2.86 bits per heavy atom. The van der Waals surface area contributed by atoms with Crippen LogP contribution in [0.15, 0.2) is 8.20 Å². The van der Waals surface area contributed by atoms with Crippen LogP contribution in [0.25, 0.3) is 0 Å².